The summed E-state index contributed by atoms with van der Waals surface area (Å²) >= 11 is 5.83. The Morgan fingerprint density at radius 2 is 2.18 bits per heavy atom. The van der Waals surface area contributed by atoms with Gasteiger partial charge < -0.3 is 5.73 Å². The number of ketones is 1. The Morgan fingerprint density at radius 3 is 2.71 bits per heavy atom. The van der Waals surface area contributed by atoms with Crippen LogP contribution in [0.4, 0.5) is 4.39 Å². The van der Waals surface area contributed by atoms with Crippen molar-refractivity contribution in [3.8, 4) is 0 Å². The molecular weight excluding hydrogens is 241 g/mol. The Labute approximate surface area is 105 Å². The number of hydrogen-bond acceptors (Lipinski definition) is 2. The quantitative estimate of drug-likeness (QED) is 0.899. The smallest absolute Gasteiger partial charge is 0.144 e. The molecule has 1 aromatic rings. The van der Waals surface area contributed by atoms with Gasteiger partial charge in [0.15, 0.2) is 0 Å². The molecule has 1 aliphatic carbocycles. The first kappa shape index (κ1) is 12.5. The molecule has 0 aliphatic heterocycles. The van der Waals surface area contributed by atoms with E-state index in [4.69, 9.17) is 17.3 Å². The van der Waals surface area contributed by atoms with Gasteiger partial charge in [0, 0.05) is 18.4 Å². The Balaban J connectivity index is 2.16. The molecule has 0 atom stereocenters. The van der Waals surface area contributed by atoms with Crippen molar-refractivity contribution in [2.45, 2.75) is 25.7 Å². The number of benzene rings is 1. The van der Waals surface area contributed by atoms with E-state index in [2.05, 4.69) is 0 Å². The average Bonchev–Trinajstić information content (AvgIpc) is 2.24. The number of carbonyl (C=O) groups is 1. The van der Waals surface area contributed by atoms with Crippen molar-refractivity contribution in [1.82, 2.24) is 0 Å². The predicted molar refractivity (Wildman–Crippen MR) is 65.5 cm³/mol. The van der Waals surface area contributed by atoms with Gasteiger partial charge in [-0.05, 0) is 24.5 Å². The number of halogens is 2. The monoisotopic (exact) mass is 255 g/mol. The number of nitrogens with two attached hydrogens (primary N) is 1. The molecular formula is C13H15ClFNO. The van der Waals surface area contributed by atoms with E-state index in [9.17, 15) is 9.18 Å². The maximum Gasteiger partial charge on any atom is 0.144 e. The molecule has 1 saturated carbocycles. The molecule has 0 bridgehead atoms. The highest BCUT2D eigenvalue weighted by Crippen LogP contribution is 2.41. The van der Waals surface area contributed by atoms with Crippen LogP contribution in [0.5, 0.6) is 0 Å². The molecule has 0 unspecified atom stereocenters. The van der Waals surface area contributed by atoms with E-state index in [1.54, 1.807) is 12.1 Å². The third-order valence-corrected chi connectivity index (χ3v) is 4.10. The van der Waals surface area contributed by atoms with Crippen molar-refractivity contribution in [3.05, 3.63) is 34.6 Å². The van der Waals surface area contributed by atoms with Crippen LogP contribution in [0.15, 0.2) is 18.2 Å². The molecule has 17 heavy (non-hydrogen) atoms. The van der Waals surface area contributed by atoms with Crippen LogP contribution in [0.3, 0.4) is 0 Å². The fourth-order valence-corrected chi connectivity index (χ4v) is 2.44. The highest BCUT2D eigenvalue weighted by atomic mass is 35.5. The van der Waals surface area contributed by atoms with Crippen molar-refractivity contribution < 1.29 is 9.18 Å². The van der Waals surface area contributed by atoms with Gasteiger partial charge in [0.25, 0.3) is 0 Å². The largest absolute Gasteiger partial charge is 0.329 e. The second kappa shape index (κ2) is 4.75. The van der Waals surface area contributed by atoms with E-state index in [1.165, 1.54) is 6.07 Å². The number of carbonyl (C=O) groups excluding carboxylic acids is 1. The van der Waals surface area contributed by atoms with E-state index >= 15 is 0 Å². The summed E-state index contributed by atoms with van der Waals surface area (Å²) < 4.78 is 13.2. The molecule has 0 spiro atoms. The lowest BCUT2D eigenvalue weighted by atomic mass is 9.65. The lowest BCUT2D eigenvalue weighted by Crippen LogP contribution is -2.45. The summed E-state index contributed by atoms with van der Waals surface area (Å²) in [6, 6.07) is 4.55. The van der Waals surface area contributed by atoms with Gasteiger partial charge >= 0.3 is 0 Å². The van der Waals surface area contributed by atoms with Gasteiger partial charge in [0.1, 0.15) is 11.6 Å². The van der Waals surface area contributed by atoms with Gasteiger partial charge in [-0.1, -0.05) is 30.2 Å². The molecule has 2 rings (SSSR count). The standard InChI is InChI=1S/C13H15ClFNO/c14-12-9(3-1-4-10(12)15)7-11(17)13(8-16)5-2-6-13/h1,3-4H,2,5-8,16H2. The van der Waals surface area contributed by atoms with E-state index in [0.29, 0.717) is 12.1 Å². The molecule has 1 aliphatic rings. The van der Waals surface area contributed by atoms with Crippen LogP contribution < -0.4 is 5.73 Å². The van der Waals surface area contributed by atoms with Gasteiger partial charge in [-0.15, -0.1) is 0 Å². The van der Waals surface area contributed by atoms with Crippen molar-refractivity contribution in [2.24, 2.45) is 11.1 Å². The van der Waals surface area contributed by atoms with Gasteiger partial charge in [-0.2, -0.15) is 0 Å². The van der Waals surface area contributed by atoms with Crippen LogP contribution >= 0.6 is 11.6 Å². The van der Waals surface area contributed by atoms with Gasteiger partial charge in [-0.3, -0.25) is 4.79 Å². The fraction of sp³-hybridized carbons (Fsp3) is 0.462. The van der Waals surface area contributed by atoms with Crippen LogP contribution in [-0.2, 0) is 11.2 Å². The lowest BCUT2D eigenvalue weighted by Gasteiger charge is -2.39. The second-order valence-corrected chi connectivity index (χ2v) is 5.03. The minimum Gasteiger partial charge on any atom is -0.329 e. The van der Waals surface area contributed by atoms with Crippen LogP contribution in [0, 0.1) is 11.2 Å². The third kappa shape index (κ3) is 2.22. The Hall–Kier alpha value is -0.930. The highest BCUT2D eigenvalue weighted by molar-refractivity contribution is 6.31. The van der Waals surface area contributed by atoms with Crippen molar-refractivity contribution in [2.75, 3.05) is 6.54 Å². The van der Waals surface area contributed by atoms with Crippen molar-refractivity contribution >= 4 is 17.4 Å². The molecule has 2 nitrogen and oxygen atoms in total. The lowest BCUT2D eigenvalue weighted by molar-refractivity contribution is -0.132. The maximum atomic E-state index is 13.2. The Bertz CT molecular complexity index is 438. The number of Topliss-reactive ketones (excluding diaryl/α,β-unsaturated/α-hetero) is 1. The first-order valence-electron chi connectivity index (χ1n) is 5.75. The Kier molecular flexibility index (Phi) is 3.50. The topological polar surface area (TPSA) is 43.1 Å². The first-order chi connectivity index (χ1) is 8.09. The minimum absolute atomic E-state index is 0.0485. The fourth-order valence-electron chi connectivity index (χ4n) is 2.25. The van der Waals surface area contributed by atoms with Gasteiger partial charge in [-0.25, -0.2) is 4.39 Å². The zero-order valence-electron chi connectivity index (χ0n) is 9.51. The van der Waals surface area contributed by atoms with E-state index in [0.717, 1.165) is 19.3 Å². The predicted octanol–water partition coefficient (Wildman–Crippen LogP) is 2.72. The summed E-state index contributed by atoms with van der Waals surface area (Å²) in [5.74, 6) is -0.397. The molecule has 4 heteroatoms. The average molecular weight is 256 g/mol. The second-order valence-electron chi connectivity index (χ2n) is 4.65. The molecule has 1 aromatic carbocycles. The SMILES string of the molecule is NCC1(C(=O)Cc2cccc(F)c2Cl)CCC1. The first-order valence-corrected chi connectivity index (χ1v) is 6.13. The summed E-state index contributed by atoms with van der Waals surface area (Å²) in [5.41, 5.74) is 5.84. The molecule has 0 aromatic heterocycles. The molecule has 1 fully saturated rings. The van der Waals surface area contributed by atoms with E-state index in [-0.39, 0.29) is 22.6 Å². The van der Waals surface area contributed by atoms with Crippen LogP contribution in [-0.4, -0.2) is 12.3 Å². The summed E-state index contributed by atoms with van der Waals surface area (Å²) in [5, 5.41) is 0.0485. The van der Waals surface area contributed by atoms with Crippen LogP contribution in [0.25, 0.3) is 0 Å². The zero-order chi connectivity index (χ0) is 12.5. The van der Waals surface area contributed by atoms with Gasteiger partial charge in [0.05, 0.1) is 5.02 Å². The molecule has 0 heterocycles. The van der Waals surface area contributed by atoms with Crippen LogP contribution in [0.1, 0.15) is 24.8 Å². The van der Waals surface area contributed by atoms with Crippen molar-refractivity contribution in [1.29, 1.82) is 0 Å². The summed E-state index contributed by atoms with van der Waals surface area (Å²) in [4.78, 5) is 12.2. The Morgan fingerprint density at radius 1 is 1.47 bits per heavy atom. The summed E-state index contributed by atoms with van der Waals surface area (Å²) in [6.07, 6.45) is 2.90. The maximum absolute atomic E-state index is 13.2. The molecule has 2 N–H and O–H groups in total. The molecule has 0 radical (unpaired) electrons. The summed E-state index contributed by atoms with van der Waals surface area (Å²) in [7, 11) is 0. The van der Waals surface area contributed by atoms with Crippen LogP contribution in [0.2, 0.25) is 5.02 Å². The van der Waals surface area contributed by atoms with E-state index in [1.807, 2.05) is 0 Å². The third-order valence-electron chi connectivity index (χ3n) is 3.68. The summed E-state index contributed by atoms with van der Waals surface area (Å²) in [6.45, 7) is 0.374. The van der Waals surface area contributed by atoms with Gasteiger partial charge in [0.2, 0.25) is 0 Å². The normalized spacial score (nSPS) is 17.6. The highest BCUT2D eigenvalue weighted by Gasteiger charge is 2.42. The zero-order valence-corrected chi connectivity index (χ0v) is 10.3. The van der Waals surface area contributed by atoms with Crippen molar-refractivity contribution in [3.63, 3.8) is 0 Å². The minimum atomic E-state index is -0.479. The molecule has 0 amide bonds. The van der Waals surface area contributed by atoms with E-state index < -0.39 is 5.82 Å². The number of hydrogen-bond donors (Lipinski definition) is 1. The number of rotatable bonds is 4. The molecule has 92 valence electrons. The molecule has 0 saturated heterocycles.